The molecule has 1 saturated heterocycles. The minimum Gasteiger partial charge on any atom is -0.296 e. The third-order valence-electron chi connectivity index (χ3n) is 3.58. The van der Waals surface area contributed by atoms with Crippen LogP contribution in [0.15, 0.2) is 34.3 Å². The van der Waals surface area contributed by atoms with Crippen LogP contribution in [-0.4, -0.2) is 42.0 Å². The zero-order chi connectivity index (χ0) is 12.4. The normalized spacial score (nSPS) is 27.8. The van der Waals surface area contributed by atoms with Crippen molar-refractivity contribution in [3.63, 3.8) is 0 Å². The number of allylic oxidation sites excluding steroid dienone is 3. The van der Waals surface area contributed by atoms with E-state index in [0.29, 0.717) is 12.4 Å². The lowest BCUT2D eigenvalue weighted by atomic mass is 9.96. The number of carbonyl (C=O) groups is 1. The number of nitrogens with zero attached hydrogens (tertiary/aromatic N) is 3. The van der Waals surface area contributed by atoms with Crippen LogP contribution in [0.2, 0.25) is 0 Å². The molecular weight excluding hydrogens is 226 g/mol. The van der Waals surface area contributed by atoms with E-state index in [1.54, 1.807) is 0 Å². The quantitative estimate of drug-likeness (QED) is 0.739. The highest BCUT2D eigenvalue weighted by Gasteiger charge is 2.26. The summed E-state index contributed by atoms with van der Waals surface area (Å²) in [5.74, 6) is 0.348. The molecule has 94 valence electrons. The Labute approximate surface area is 107 Å². The Bertz CT molecular complexity index is 467. The summed E-state index contributed by atoms with van der Waals surface area (Å²) in [7, 11) is 0. The van der Waals surface area contributed by atoms with Gasteiger partial charge in [0.2, 0.25) is 0 Å². The van der Waals surface area contributed by atoms with Crippen LogP contribution < -0.4 is 0 Å². The molecule has 1 aliphatic carbocycles. The molecule has 1 atom stereocenters. The van der Waals surface area contributed by atoms with Crippen molar-refractivity contribution in [2.75, 3.05) is 19.6 Å². The Balaban J connectivity index is 1.73. The standard InChI is InChI=1S/C14H17N3O/c18-14-11-6-2-3-7-12(11)15-13(16-14)10-17-8-4-1-5-9-17/h2-3,6-7,11H,1,4-5,8-10H2. The summed E-state index contributed by atoms with van der Waals surface area (Å²) in [6, 6.07) is 0. The molecule has 0 N–H and O–H groups in total. The maximum Gasteiger partial charge on any atom is 0.260 e. The molecular formula is C14H17N3O. The molecule has 2 heterocycles. The number of likely N-dealkylation sites (tertiary alicyclic amines) is 1. The number of hydrogen-bond donors (Lipinski definition) is 0. The van der Waals surface area contributed by atoms with Crippen molar-refractivity contribution >= 4 is 17.5 Å². The second-order valence-corrected chi connectivity index (χ2v) is 4.96. The summed E-state index contributed by atoms with van der Waals surface area (Å²) in [6.45, 7) is 2.90. The molecule has 18 heavy (non-hydrogen) atoms. The molecule has 3 aliphatic rings. The minimum atomic E-state index is -0.250. The SMILES string of the molecule is O=C1N=C(CN2CCCCC2)N=C2C=CC=CC12. The largest absolute Gasteiger partial charge is 0.296 e. The summed E-state index contributed by atoms with van der Waals surface area (Å²) >= 11 is 0. The first-order chi connectivity index (χ1) is 8.83. The second-order valence-electron chi connectivity index (χ2n) is 4.96. The van der Waals surface area contributed by atoms with E-state index >= 15 is 0 Å². The van der Waals surface area contributed by atoms with E-state index in [-0.39, 0.29) is 11.8 Å². The topological polar surface area (TPSA) is 45.0 Å². The Morgan fingerprint density at radius 3 is 2.83 bits per heavy atom. The third kappa shape index (κ3) is 2.34. The van der Waals surface area contributed by atoms with Gasteiger partial charge in [-0.05, 0) is 32.0 Å². The molecule has 0 radical (unpaired) electrons. The number of piperidine rings is 1. The van der Waals surface area contributed by atoms with Gasteiger partial charge in [0, 0.05) is 0 Å². The number of fused-ring (bicyclic) bond motifs is 1. The van der Waals surface area contributed by atoms with Crippen molar-refractivity contribution in [3.8, 4) is 0 Å². The summed E-state index contributed by atoms with van der Waals surface area (Å²) in [5, 5.41) is 0. The highest BCUT2D eigenvalue weighted by atomic mass is 16.1. The van der Waals surface area contributed by atoms with Crippen LogP contribution in [0.25, 0.3) is 0 Å². The first kappa shape index (κ1) is 11.5. The van der Waals surface area contributed by atoms with Gasteiger partial charge in [-0.15, -0.1) is 0 Å². The summed E-state index contributed by atoms with van der Waals surface area (Å²) < 4.78 is 0. The van der Waals surface area contributed by atoms with E-state index in [0.717, 1.165) is 18.8 Å². The van der Waals surface area contributed by atoms with Crippen molar-refractivity contribution in [1.29, 1.82) is 0 Å². The smallest absolute Gasteiger partial charge is 0.260 e. The number of rotatable bonds is 2. The fraction of sp³-hybridized carbons (Fsp3) is 0.500. The van der Waals surface area contributed by atoms with Crippen LogP contribution in [0.3, 0.4) is 0 Å². The maximum atomic E-state index is 11.9. The average molecular weight is 243 g/mol. The molecule has 0 saturated carbocycles. The van der Waals surface area contributed by atoms with Gasteiger partial charge in [0.05, 0.1) is 12.3 Å². The second kappa shape index (κ2) is 4.98. The van der Waals surface area contributed by atoms with Gasteiger partial charge in [-0.25, -0.2) is 4.99 Å². The molecule has 1 fully saturated rings. The molecule has 1 unspecified atom stereocenters. The molecule has 0 aromatic rings. The van der Waals surface area contributed by atoms with Gasteiger partial charge < -0.3 is 0 Å². The molecule has 0 bridgehead atoms. The lowest BCUT2D eigenvalue weighted by Gasteiger charge is -2.27. The van der Waals surface area contributed by atoms with Gasteiger partial charge in [0.15, 0.2) is 0 Å². The molecule has 0 aromatic heterocycles. The molecule has 4 nitrogen and oxygen atoms in total. The Morgan fingerprint density at radius 1 is 1.17 bits per heavy atom. The Hall–Kier alpha value is -1.55. The van der Waals surface area contributed by atoms with E-state index in [1.807, 2.05) is 24.3 Å². The molecule has 0 aromatic carbocycles. The predicted octanol–water partition coefficient (Wildman–Crippen LogP) is 1.59. The minimum absolute atomic E-state index is 0.0763. The van der Waals surface area contributed by atoms with Crippen molar-refractivity contribution in [1.82, 2.24) is 4.90 Å². The highest BCUT2D eigenvalue weighted by Crippen LogP contribution is 2.17. The van der Waals surface area contributed by atoms with Crippen LogP contribution in [0.5, 0.6) is 0 Å². The van der Waals surface area contributed by atoms with Crippen molar-refractivity contribution in [2.45, 2.75) is 19.3 Å². The van der Waals surface area contributed by atoms with Gasteiger partial charge in [-0.2, -0.15) is 4.99 Å². The lowest BCUT2D eigenvalue weighted by Crippen LogP contribution is -2.37. The number of aliphatic imine (C=N–C) groups is 2. The molecule has 4 heteroatoms. The Morgan fingerprint density at radius 2 is 2.00 bits per heavy atom. The van der Waals surface area contributed by atoms with Gasteiger partial charge in [0.25, 0.3) is 5.91 Å². The number of carbonyl (C=O) groups excluding carboxylic acids is 1. The summed E-state index contributed by atoms with van der Waals surface area (Å²) in [5.41, 5.74) is 0.838. The van der Waals surface area contributed by atoms with Crippen molar-refractivity contribution < 1.29 is 4.79 Å². The summed E-state index contributed by atoms with van der Waals surface area (Å²) in [4.78, 5) is 22.9. The van der Waals surface area contributed by atoms with E-state index in [1.165, 1.54) is 19.3 Å². The number of amidine groups is 1. The van der Waals surface area contributed by atoms with Gasteiger partial charge in [-0.1, -0.05) is 24.6 Å². The van der Waals surface area contributed by atoms with Crippen molar-refractivity contribution in [2.24, 2.45) is 15.9 Å². The van der Waals surface area contributed by atoms with E-state index in [2.05, 4.69) is 14.9 Å². The molecule has 0 spiro atoms. The van der Waals surface area contributed by atoms with E-state index in [4.69, 9.17) is 0 Å². The maximum absolute atomic E-state index is 11.9. The van der Waals surface area contributed by atoms with Crippen LogP contribution in [0, 0.1) is 5.92 Å². The first-order valence-corrected chi connectivity index (χ1v) is 6.60. The van der Waals surface area contributed by atoms with E-state index in [9.17, 15) is 4.79 Å². The lowest BCUT2D eigenvalue weighted by molar-refractivity contribution is -0.118. The van der Waals surface area contributed by atoms with Crippen LogP contribution >= 0.6 is 0 Å². The van der Waals surface area contributed by atoms with Crippen LogP contribution in [-0.2, 0) is 4.79 Å². The monoisotopic (exact) mass is 243 g/mol. The number of amides is 1. The van der Waals surface area contributed by atoms with E-state index < -0.39 is 0 Å². The fourth-order valence-corrected chi connectivity index (χ4v) is 2.61. The molecule has 3 rings (SSSR count). The van der Waals surface area contributed by atoms with Gasteiger partial charge in [0.1, 0.15) is 11.8 Å². The zero-order valence-electron chi connectivity index (χ0n) is 10.4. The molecule has 1 amide bonds. The Kier molecular flexibility index (Phi) is 3.19. The van der Waals surface area contributed by atoms with Gasteiger partial charge in [-0.3, -0.25) is 9.69 Å². The van der Waals surface area contributed by atoms with Gasteiger partial charge >= 0.3 is 0 Å². The third-order valence-corrected chi connectivity index (χ3v) is 3.58. The average Bonchev–Trinajstić information content (AvgIpc) is 2.40. The fourth-order valence-electron chi connectivity index (χ4n) is 2.61. The summed E-state index contributed by atoms with van der Waals surface area (Å²) in [6.07, 6.45) is 11.4. The highest BCUT2D eigenvalue weighted by molar-refractivity contribution is 6.21. The van der Waals surface area contributed by atoms with Crippen LogP contribution in [0.1, 0.15) is 19.3 Å². The number of hydrogen-bond acceptors (Lipinski definition) is 3. The first-order valence-electron chi connectivity index (χ1n) is 6.60. The van der Waals surface area contributed by atoms with Crippen LogP contribution in [0.4, 0.5) is 0 Å². The zero-order valence-corrected chi connectivity index (χ0v) is 10.4. The predicted molar refractivity (Wildman–Crippen MR) is 71.9 cm³/mol. The molecule has 2 aliphatic heterocycles. The van der Waals surface area contributed by atoms with Crippen molar-refractivity contribution in [3.05, 3.63) is 24.3 Å².